The Hall–Kier alpha value is -3.17. The Morgan fingerprint density at radius 2 is 1.81 bits per heavy atom. The van der Waals surface area contributed by atoms with Crippen LogP contribution in [-0.2, 0) is 4.79 Å². The molecular formula is C21H23Cl2N5O4. The van der Waals surface area contributed by atoms with Gasteiger partial charge in [-0.05, 0) is 35.9 Å². The van der Waals surface area contributed by atoms with Gasteiger partial charge in [0.1, 0.15) is 11.6 Å². The van der Waals surface area contributed by atoms with Gasteiger partial charge < -0.3 is 29.4 Å². The number of nitrogens with zero attached hydrogens (tertiary/aromatic N) is 4. The number of piperazine rings is 1. The zero-order valence-corrected chi connectivity index (χ0v) is 19.2. The van der Waals surface area contributed by atoms with Crippen LogP contribution < -0.4 is 20.1 Å². The molecule has 1 fully saturated rings. The summed E-state index contributed by atoms with van der Waals surface area (Å²) in [5.41, 5.74) is 6.85. The molecule has 1 aliphatic heterocycles. The van der Waals surface area contributed by atoms with E-state index in [9.17, 15) is 4.79 Å². The van der Waals surface area contributed by atoms with Gasteiger partial charge in [0.25, 0.3) is 0 Å². The Morgan fingerprint density at radius 1 is 1.12 bits per heavy atom. The summed E-state index contributed by atoms with van der Waals surface area (Å²) < 4.78 is 15.9. The van der Waals surface area contributed by atoms with Gasteiger partial charge in [-0.15, -0.1) is 12.4 Å². The Bertz CT molecular complexity index is 1140. The summed E-state index contributed by atoms with van der Waals surface area (Å²) in [5, 5.41) is 0.977. The van der Waals surface area contributed by atoms with Gasteiger partial charge in [-0.1, -0.05) is 0 Å². The number of amides is 1. The van der Waals surface area contributed by atoms with Gasteiger partial charge in [0, 0.05) is 43.7 Å². The van der Waals surface area contributed by atoms with E-state index in [-0.39, 0.29) is 23.5 Å². The molecule has 4 rings (SSSR count). The number of nitrogen functional groups attached to an aromatic ring is 1. The lowest BCUT2D eigenvalue weighted by molar-refractivity contribution is -0.126. The Morgan fingerprint density at radius 3 is 2.44 bits per heavy atom. The van der Waals surface area contributed by atoms with Crippen molar-refractivity contribution >= 4 is 58.7 Å². The molecule has 2 aromatic heterocycles. The molecule has 3 heterocycles. The predicted molar refractivity (Wildman–Crippen MR) is 126 cm³/mol. The first kappa shape index (κ1) is 23.5. The first-order valence-corrected chi connectivity index (χ1v) is 10.0. The van der Waals surface area contributed by atoms with Crippen LogP contribution in [0.3, 0.4) is 0 Å². The van der Waals surface area contributed by atoms with Crippen LogP contribution in [0.2, 0.25) is 5.22 Å². The molecule has 0 bridgehead atoms. The average molecular weight is 480 g/mol. The number of rotatable bonds is 5. The molecule has 0 atom stereocenters. The van der Waals surface area contributed by atoms with E-state index in [4.69, 9.17) is 31.2 Å². The monoisotopic (exact) mass is 479 g/mol. The molecule has 0 radical (unpaired) electrons. The molecule has 1 saturated heterocycles. The SMILES string of the molecule is COc1cc2nc(N3CCN(C(=O)/C=C/c4ccc(Cl)o4)CC3)nc(N)c2cc1OC.Cl. The van der Waals surface area contributed by atoms with Gasteiger partial charge in [0.2, 0.25) is 11.9 Å². The summed E-state index contributed by atoms with van der Waals surface area (Å²) >= 11 is 5.74. The molecule has 1 aliphatic rings. The number of nitrogens with two attached hydrogens (primary N) is 1. The zero-order valence-electron chi connectivity index (χ0n) is 17.6. The summed E-state index contributed by atoms with van der Waals surface area (Å²) in [6.45, 7) is 2.25. The van der Waals surface area contributed by atoms with Crippen molar-refractivity contribution in [1.82, 2.24) is 14.9 Å². The number of hydrogen-bond donors (Lipinski definition) is 1. The lowest BCUT2D eigenvalue weighted by Gasteiger charge is -2.34. The molecule has 0 spiro atoms. The van der Waals surface area contributed by atoms with Crippen LogP contribution in [0, 0.1) is 0 Å². The first-order valence-electron chi connectivity index (χ1n) is 9.65. The van der Waals surface area contributed by atoms with Gasteiger partial charge in [-0.25, -0.2) is 4.98 Å². The zero-order chi connectivity index (χ0) is 22.0. The Labute approximate surface area is 196 Å². The van der Waals surface area contributed by atoms with Crippen molar-refractivity contribution in [2.45, 2.75) is 0 Å². The molecular weight excluding hydrogens is 457 g/mol. The molecule has 170 valence electrons. The lowest BCUT2D eigenvalue weighted by atomic mass is 10.2. The third kappa shape index (κ3) is 4.84. The molecule has 9 nitrogen and oxygen atoms in total. The van der Waals surface area contributed by atoms with E-state index < -0.39 is 0 Å². The summed E-state index contributed by atoms with van der Waals surface area (Å²) in [5.74, 6) is 2.45. The van der Waals surface area contributed by atoms with E-state index in [1.165, 1.54) is 6.08 Å². The van der Waals surface area contributed by atoms with Crippen molar-refractivity contribution in [3.63, 3.8) is 0 Å². The first-order chi connectivity index (χ1) is 15.0. The van der Waals surface area contributed by atoms with Crippen molar-refractivity contribution in [3.8, 4) is 11.5 Å². The predicted octanol–water partition coefficient (Wildman–Crippen LogP) is 3.26. The van der Waals surface area contributed by atoms with Crippen LogP contribution in [0.4, 0.5) is 11.8 Å². The molecule has 1 amide bonds. The van der Waals surface area contributed by atoms with Crippen LogP contribution >= 0.6 is 24.0 Å². The van der Waals surface area contributed by atoms with Crippen molar-refractivity contribution in [3.05, 3.63) is 41.3 Å². The van der Waals surface area contributed by atoms with Crippen molar-refractivity contribution in [2.24, 2.45) is 0 Å². The largest absolute Gasteiger partial charge is 0.493 e. The normalized spacial score (nSPS) is 14.0. The van der Waals surface area contributed by atoms with Crippen LogP contribution in [0.5, 0.6) is 11.5 Å². The third-order valence-corrected chi connectivity index (χ3v) is 5.28. The van der Waals surface area contributed by atoms with Crippen LogP contribution in [0.15, 0.2) is 34.8 Å². The average Bonchev–Trinajstić information content (AvgIpc) is 3.21. The fourth-order valence-corrected chi connectivity index (χ4v) is 3.56. The van der Waals surface area contributed by atoms with Crippen LogP contribution in [-0.4, -0.2) is 61.2 Å². The minimum Gasteiger partial charge on any atom is -0.493 e. The third-order valence-electron chi connectivity index (χ3n) is 5.08. The smallest absolute Gasteiger partial charge is 0.246 e. The van der Waals surface area contributed by atoms with Gasteiger partial charge in [0.15, 0.2) is 16.7 Å². The number of hydrogen-bond acceptors (Lipinski definition) is 8. The number of benzene rings is 1. The second kappa shape index (κ2) is 9.97. The topological polar surface area (TPSA) is 107 Å². The molecule has 32 heavy (non-hydrogen) atoms. The fraction of sp³-hybridized carbons (Fsp3) is 0.286. The number of carbonyl (C=O) groups excluding carboxylic acids is 1. The molecule has 0 saturated carbocycles. The van der Waals surface area contributed by atoms with E-state index in [1.54, 1.807) is 49.5 Å². The molecule has 0 unspecified atom stereocenters. The number of furan rings is 1. The van der Waals surface area contributed by atoms with E-state index >= 15 is 0 Å². The summed E-state index contributed by atoms with van der Waals surface area (Å²) in [4.78, 5) is 25.3. The maximum Gasteiger partial charge on any atom is 0.246 e. The highest BCUT2D eigenvalue weighted by molar-refractivity contribution is 6.28. The summed E-state index contributed by atoms with van der Waals surface area (Å²) in [6.07, 6.45) is 3.09. The molecule has 1 aromatic carbocycles. The number of fused-ring (bicyclic) bond motifs is 1. The van der Waals surface area contributed by atoms with E-state index in [0.717, 1.165) is 0 Å². The van der Waals surface area contributed by atoms with Gasteiger partial charge in [0.05, 0.1) is 19.7 Å². The quantitative estimate of drug-likeness (QED) is 0.555. The maximum atomic E-state index is 12.5. The van der Waals surface area contributed by atoms with E-state index in [2.05, 4.69) is 9.97 Å². The van der Waals surface area contributed by atoms with Gasteiger partial charge in [-0.2, -0.15) is 4.98 Å². The lowest BCUT2D eigenvalue weighted by Crippen LogP contribution is -2.48. The second-order valence-corrected chi connectivity index (χ2v) is 7.29. The summed E-state index contributed by atoms with van der Waals surface area (Å²) in [6, 6.07) is 6.88. The standard InChI is InChI=1S/C21H22ClN5O4.ClH/c1-29-16-11-14-15(12-17(16)30-2)24-21(25-20(14)23)27-9-7-26(8-10-27)19(28)6-4-13-3-5-18(22)31-13;/h3-6,11-12H,7-10H2,1-2H3,(H2,23,24,25);1H/b6-4+;. The number of ether oxygens (including phenoxy) is 2. The second-order valence-electron chi connectivity index (χ2n) is 6.92. The number of anilines is 2. The highest BCUT2D eigenvalue weighted by Crippen LogP contribution is 2.34. The number of methoxy groups -OCH3 is 2. The number of halogens is 2. The molecule has 11 heteroatoms. The van der Waals surface area contributed by atoms with Gasteiger partial charge >= 0.3 is 0 Å². The highest BCUT2D eigenvalue weighted by Gasteiger charge is 2.22. The minimum absolute atomic E-state index is 0. The number of carbonyl (C=O) groups is 1. The molecule has 0 aliphatic carbocycles. The minimum atomic E-state index is -0.0945. The van der Waals surface area contributed by atoms with Gasteiger partial charge in [-0.3, -0.25) is 4.79 Å². The highest BCUT2D eigenvalue weighted by atomic mass is 35.5. The van der Waals surface area contributed by atoms with Crippen LogP contribution in [0.25, 0.3) is 17.0 Å². The molecule has 2 N–H and O–H groups in total. The maximum absolute atomic E-state index is 12.5. The Balaban J connectivity index is 0.00000289. The number of aromatic nitrogens is 2. The Kier molecular flexibility index (Phi) is 7.32. The van der Waals surface area contributed by atoms with E-state index in [0.29, 0.717) is 66.1 Å². The van der Waals surface area contributed by atoms with E-state index in [1.807, 2.05) is 4.90 Å². The van der Waals surface area contributed by atoms with Crippen LogP contribution in [0.1, 0.15) is 5.76 Å². The van der Waals surface area contributed by atoms with Crippen molar-refractivity contribution < 1.29 is 18.7 Å². The van der Waals surface area contributed by atoms with Crippen molar-refractivity contribution in [2.75, 3.05) is 51.0 Å². The molecule has 3 aromatic rings. The summed E-state index contributed by atoms with van der Waals surface area (Å²) in [7, 11) is 3.13. The fourth-order valence-electron chi connectivity index (χ4n) is 3.41. The van der Waals surface area contributed by atoms with Crippen molar-refractivity contribution in [1.29, 1.82) is 0 Å².